The molecule has 3 aromatic carbocycles. The molecule has 1 heterocycles. The van der Waals surface area contributed by atoms with Gasteiger partial charge in [-0.25, -0.2) is 4.98 Å². The number of nitrogens with zero attached hydrogens (tertiary/aromatic N) is 1. The molecule has 0 atom stereocenters. The molecule has 2 N–H and O–H groups in total. The second kappa shape index (κ2) is 7.89. The third-order valence-electron chi connectivity index (χ3n) is 4.19. The molecule has 1 amide bonds. The highest BCUT2D eigenvalue weighted by atomic mass is 35.5. The van der Waals surface area contributed by atoms with Crippen LogP contribution >= 0.6 is 23.2 Å². The van der Waals surface area contributed by atoms with Gasteiger partial charge in [0.15, 0.2) is 0 Å². The SMILES string of the molecule is O=C(Nc1cc(Nc2ccc(Cl)c(Cl)c2)nc2ccccc12)c1ccccc1. The zero-order valence-electron chi connectivity index (χ0n) is 14.6. The number of benzene rings is 3. The number of hydrogen-bond acceptors (Lipinski definition) is 3. The number of pyridine rings is 1. The van der Waals surface area contributed by atoms with Crippen LogP contribution in [0.25, 0.3) is 10.9 Å². The molecule has 28 heavy (non-hydrogen) atoms. The lowest BCUT2D eigenvalue weighted by atomic mass is 10.1. The number of nitrogens with one attached hydrogen (secondary N) is 2. The Hall–Kier alpha value is -3.08. The fourth-order valence-corrected chi connectivity index (χ4v) is 3.15. The quantitative estimate of drug-likeness (QED) is 0.403. The standard InChI is InChI=1S/C22H15Cl2N3O/c23-17-11-10-15(12-18(17)24)25-21-13-20(16-8-4-5-9-19(16)26-21)27-22(28)14-6-2-1-3-7-14/h1-13H,(H2,25,26,27,28). The van der Waals surface area contributed by atoms with Crippen molar-refractivity contribution < 1.29 is 4.79 Å². The molecule has 0 fully saturated rings. The Kier molecular flexibility index (Phi) is 5.15. The fraction of sp³-hybridized carbons (Fsp3) is 0. The fourth-order valence-electron chi connectivity index (χ4n) is 2.85. The highest BCUT2D eigenvalue weighted by molar-refractivity contribution is 6.42. The lowest BCUT2D eigenvalue weighted by Crippen LogP contribution is -2.12. The van der Waals surface area contributed by atoms with Crippen LogP contribution in [0.4, 0.5) is 17.2 Å². The highest BCUT2D eigenvalue weighted by Gasteiger charge is 2.11. The Morgan fingerprint density at radius 1 is 0.821 bits per heavy atom. The summed E-state index contributed by atoms with van der Waals surface area (Å²) in [5.41, 5.74) is 2.76. The maximum atomic E-state index is 12.6. The first-order chi connectivity index (χ1) is 13.6. The lowest BCUT2D eigenvalue weighted by molar-refractivity contribution is 0.102. The molecule has 138 valence electrons. The van der Waals surface area contributed by atoms with E-state index in [1.807, 2.05) is 48.5 Å². The Morgan fingerprint density at radius 2 is 1.57 bits per heavy atom. The number of aromatic nitrogens is 1. The second-order valence-electron chi connectivity index (χ2n) is 6.15. The van der Waals surface area contributed by atoms with Crippen molar-refractivity contribution in [1.82, 2.24) is 4.98 Å². The number of carbonyl (C=O) groups is 1. The zero-order valence-corrected chi connectivity index (χ0v) is 16.1. The molecule has 0 aliphatic carbocycles. The minimum Gasteiger partial charge on any atom is -0.340 e. The molecule has 6 heteroatoms. The molecule has 0 spiro atoms. The smallest absolute Gasteiger partial charge is 0.255 e. The van der Waals surface area contributed by atoms with E-state index in [9.17, 15) is 4.79 Å². The van der Waals surface area contributed by atoms with E-state index in [0.717, 1.165) is 16.6 Å². The van der Waals surface area contributed by atoms with Crippen LogP contribution in [0.5, 0.6) is 0 Å². The zero-order chi connectivity index (χ0) is 19.5. The van der Waals surface area contributed by atoms with Crippen LogP contribution in [0.1, 0.15) is 10.4 Å². The Bertz CT molecular complexity index is 1160. The molecule has 1 aromatic heterocycles. The summed E-state index contributed by atoms with van der Waals surface area (Å²) in [7, 11) is 0. The van der Waals surface area contributed by atoms with Gasteiger partial charge in [0.1, 0.15) is 5.82 Å². The van der Waals surface area contributed by atoms with Gasteiger partial charge in [0.25, 0.3) is 5.91 Å². The van der Waals surface area contributed by atoms with Crippen LogP contribution in [-0.4, -0.2) is 10.9 Å². The van der Waals surface area contributed by atoms with Gasteiger partial charge in [-0.05, 0) is 36.4 Å². The van der Waals surface area contributed by atoms with Crippen LogP contribution in [0.2, 0.25) is 10.0 Å². The van der Waals surface area contributed by atoms with Crippen LogP contribution in [0.3, 0.4) is 0 Å². The Balaban J connectivity index is 1.71. The normalized spacial score (nSPS) is 10.6. The van der Waals surface area contributed by atoms with E-state index in [1.165, 1.54) is 0 Å². The molecule has 0 radical (unpaired) electrons. The predicted molar refractivity (Wildman–Crippen MR) is 116 cm³/mol. The molecule has 0 bridgehead atoms. The van der Waals surface area contributed by atoms with Crippen molar-refractivity contribution in [3.8, 4) is 0 Å². The molecule has 0 aliphatic heterocycles. The summed E-state index contributed by atoms with van der Waals surface area (Å²) in [5.74, 6) is 0.401. The second-order valence-corrected chi connectivity index (χ2v) is 6.96. The number of para-hydroxylation sites is 1. The molecule has 0 unspecified atom stereocenters. The van der Waals surface area contributed by atoms with E-state index >= 15 is 0 Å². The van der Waals surface area contributed by atoms with Crippen molar-refractivity contribution >= 4 is 57.2 Å². The molecule has 0 saturated carbocycles. The number of hydrogen-bond donors (Lipinski definition) is 2. The Labute approximate surface area is 172 Å². The summed E-state index contributed by atoms with van der Waals surface area (Å²) in [4.78, 5) is 17.3. The number of rotatable bonds is 4. The molecular weight excluding hydrogens is 393 g/mol. The summed E-state index contributed by atoms with van der Waals surface area (Å²) in [6, 6.07) is 23.8. The molecular formula is C22H15Cl2N3O. The van der Waals surface area contributed by atoms with E-state index in [0.29, 0.717) is 27.1 Å². The van der Waals surface area contributed by atoms with Gasteiger partial charge in [0, 0.05) is 22.7 Å². The van der Waals surface area contributed by atoms with Gasteiger partial charge < -0.3 is 10.6 Å². The largest absolute Gasteiger partial charge is 0.340 e. The van der Waals surface area contributed by atoms with E-state index in [1.54, 1.807) is 30.3 Å². The van der Waals surface area contributed by atoms with Gasteiger partial charge in [-0.15, -0.1) is 0 Å². The summed E-state index contributed by atoms with van der Waals surface area (Å²) in [6.45, 7) is 0. The number of halogens is 2. The topological polar surface area (TPSA) is 54.0 Å². The minimum atomic E-state index is -0.183. The van der Waals surface area contributed by atoms with Crippen molar-refractivity contribution in [2.45, 2.75) is 0 Å². The first kappa shape index (κ1) is 18.3. The van der Waals surface area contributed by atoms with Crippen LogP contribution in [0, 0.1) is 0 Å². The molecule has 0 aliphatic rings. The number of amides is 1. The van der Waals surface area contributed by atoms with Gasteiger partial charge >= 0.3 is 0 Å². The van der Waals surface area contributed by atoms with E-state index in [-0.39, 0.29) is 5.91 Å². The third-order valence-corrected chi connectivity index (χ3v) is 4.93. The average Bonchev–Trinajstić information content (AvgIpc) is 2.71. The van der Waals surface area contributed by atoms with Crippen molar-refractivity contribution in [2.75, 3.05) is 10.6 Å². The van der Waals surface area contributed by atoms with Crippen LogP contribution in [0.15, 0.2) is 78.9 Å². The molecule has 4 aromatic rings. The van der Waals surface area contributed by atoms with Gasteiger partial charge in [-0.3, -0.25) is 4.79 Å². The summed E-state index contributed by atoms with van der Waals surface area (Å²) in [5, 5.41) is 7.98. The monoisotopic (exact) mass is 407 g/mol. The van der Waals surface area contributed by atoms with Crippen molar-refractivity contribution in [3.05, 3.63) is 94.5 Å². The first-order valence-corrected chi connectivity index (χ1v) is 9.34. The summed E-state index contributed by atoms with van der Waals surface area (Å²) >= 11 is 12.1. The lowest BCUT2D eigenvalue weighted by Gasteiger charge is -2.13. The van der Waals surface area contributed by atoms with Gasteiger partial charge in [-0.2, -0.15) is 0 Å². The highest BCUT2D eigenvalue weighted by Crippen LogP contribution is 2.30. The van der Waals surface area contributed by atoms with Gasteiger partial charge in [0.2, 0.25) is 0 Å². The van der Waals surface area contributed by atoms with E-state index in [2.05, 4.69) is 15.6 Å². The first-order valence-electron chi connectivity index (χ1n) is 8.58. The summed E-state index contributed by atoms with van der Waals surface area (Å²) < 4.78 is 0. The number of carbonyl (C=O) groups excluding carboxylic acids is 1. The van der Waals surface area contributed by atoms with Crippen molar-refractivity contribution in [1.29, 1.82) is 0 Å². The van der Waals surface area contributed by atoms with Gasteiger partial charge in [0.05, 0.1) is 21.2 Å². The Morgan fingerprint density at radius 3 is 2.36 bits per heavy atom. The summed E-state index contributed by atoms with van der Waals surface area (Å²) in [6.07, 6.45) is 0. The molecule has 4 nitrogen and oxygen atoms in total. The van der Waals surface area contributed by atoms with Crippen molar-refractivity contribution in [3.63, 3.8) is 0 Å². The number of anilines is 3. The third kappa shape index (κ3) is 3.93. The van der Waals surface area contributed by atoms with Gasteiger partial charge in [-0.1, -0.05) is 59.6 Å². The predicted octanol–water partition coefficient (Wildman–Crippen LogP) is 6.54. The minimum absolute atomic E-state index is 0.183. The van der Waals surface area contributed by atoms with Crippen LogP contribution < -0.4 is 10.6 Å². The van der Waals surface area contributed by atoms with E-state index < -0.39 is 0 Å². The average molecular weight is 408 g/mol. The van der Waals surface area contributed by atoms with E-state index in [4.69, 9.17) is 23.2 Å². The maximum Gasteiger partial charge on any atom is 0.255 e. The molecule has 0 saturated heterocycles. The van der Waals surface area contributed by atoms with Crippen LogP contribution in [-0.2, 0) is 0 Å². The maximum absolute atomic E-state index is 12.6. The molecule has 4 rings (SSSR count). The van der Waals surface area contributed by atoms with Crippen molar-refractivity contribution in [2.24, 2.45) is 0 Å². The number of fused-ring (bicyclic) bond motifs is 1.